The van der Waals surface area contributed by atoms with E-state index >= 15 is 0 Å². The number of ether oxygens (including phenoxy) is 2. The average Bonchev–Trinajstić information content (AvgIpc) is 3.22. The molecule has 0 aliphatic carbocycles. The summed E-state index contributed by atoms with van der Waals surface area (Å²) in [7, 11) is 1.60. The van der Waals surface area contributed by atoms with Gasteiger partial charge in [-0.2, -0.15) is 0 Å². The second-order valence-electron chi connectivity index (χ2n) is 9.44. The van der Waals surface area contributed by atoms with E-state index in [1.54, 1.807) is 18.2 Å². The van der Waals surface area contributed by atoms with Crippen LogP contribution in [0.4, 0.5) is 4.79 Å². The predicted octanol–water partition coefficient (Wildman–Crippen LogP) is 3.94. The van der Waals surface area contributed by atoms with E-state index in [0.29, 0.717) is 13.1 Å². The molecule has 32 heavy (non-hydrogen) atoms. The molecule has 1 aromatic carbocycles. The number of hydrogen-bond acceptors (Lipinski definition) is 5. The molecule has 3 atom stereocenters. The smallest absolute Gasteiger partial charge is 0.410 e. The first-order chi connectivity index (χ1) is 15.2. The number of nitrogens with zero attached hydrogens (tertiary/aromatic N) is 2. The van der Waals surface area contributed by atoms with Crippen molar-refractivity contribution in [1.82, 2.24) is 15.2 Å². The molecule has 1 saturated heterocycles. The second-order valence-corrected chi connectivity index (χ2v) is 9.44. The van der Waals surface area contributed by atoms with E-state index in [4.69, 9.17) is 9.47 Å². The van der Waals surface area contributed by atoms with Gasteiger partial charge in [0.15, 0.2) is 0 Å². The fourth-order valence-corrected chi connectivity index (χ4v) is 4.30. The molecule has 1 aromatic heterocycles. The minimum Gasteiger partial charge on any atom is -0.444 e. The van der Waals surface area contributed by atoms with Gasteiger partial charge in [0.1, 0.15) is 5.60 Å². The summed E-state index contributed by atoms with van der Waals surface area (Å²) in [5.74, 6) is -0.468. The molecule has 0 radical (unpaired) electrons. The molecule has 0 spiro atoms. The van der Waals surface area contributed by atoms with Gasteiger partial charge in [-0.15, -0.1) is 0 Å². The first-order valence-electron chi connectivity index (χ1n) is 11.3. The van der Waals surface area contributed by atoms with Gasteiger partial charge in [0.2, 0.25) is 5.91 Å². The number of nitrogens with one attached hydrogen (secondary N) is 1. The van der Waals surface area contributed by atoms with Crippen molar-refractivity contribution in [3.05, 3.63) is 42.1 Å². The predicted molar refractivity (Wildman–Crippen MR) is 124 cm³/mol. The highest BCUT2D eigenvalue weighted by Crippen LogP contribution is 2.28. The maximum Gasteiger partial charge on any atom is 0.410 e. The second kappa shape index (κ2) is 10.3. The Morgan fingerprint density at radius 2 is 2.06 bits per heavy atom. The summed E-state index contributed by atoms with van der Waals surface area (Å²) in [5.41, 5.74) is 1.55. The maximum absolute atomic E-state index is 12.9. The van der Waals surface area contributed by atoms with Crippen molar-refractivity contribution in [3.8, 4) is 0 Å². The van der Waals surface area contributed by atoms with Gasteiger partial charge in [-0.05, 0) is 63.8 Å². The molecule has 0 saturated carbocycles. The van der Waals surface area contributed by atoms with E-state index in [1.807, 2.05) is 52.0 Å². The van der Waals surface area contributed by atoms with Crippen LogP contribution in [0.1, 0.15) is 46.1 Å². The van der Waals surface area contributed by atoms with Gasteiger partial charge >= 0.3 is 6.09 Å². The Hall–Kier alpha value is -2.67. The summed E-state index contributed by atoms with van der Waals surface area (Å²) in [6.07, 6.45) is 3.44. The van der Waals surface area contributed by atoms with E-state index in [1.165, 1.54) is 0 Å². The molecule has 2 aromatic rings. The molecule has 3 rings (SSSR count). The van der Waals surface area contributed by atoms with Crippen molar-refractivity contribution in [2.24, 2.45) is 5.92 Å². The van der Waals surface area contributed by atoms with Crippen molar-refractivity contribution in [3.63, 3.8) is 0 Å². The number of rotatable bonds is 7. The molecule has 1 aliphatic heterocycles. The van der Waals surface area contributed by atoms with E-state index in [0.717, 1.165) is 35.7 Å². The van der Waals surface area contributed by atoms with E-state index < -0.39 is 17.6 Å². The maximum atomic E-state index is 12.9. The molecule has 1 N–H and O–H groups in total. The SMILES string of the molecule is CO[C@H]([C@@H](C)C(=O)NCCc1ccc2ncccc2c1)[C@@H]1CCCN1C(=O)OC(C)(C)C. The number of carbonyl (C=O) groups is 2. The van der Waals surface area contributed by atoms with Crippen LogP contribution in [0.3, 0.4) is 0 Å². The molecule has 2 amide bonds. The average molecular weight is 442 g/mol. The quantitative estimate of drug-likeness (QED) is 0.704. The van der Waals surface area contributed by atoms with Crippen LogP contribution in [0, 0.1) is 5.92 Å². The third kappa shape index (κ3) is 5.97. The number of carbonyl (C=O) groups excluding carboxylic acids is 2. The van der Waals surface area contributed by atoms with Gasteiger partial charge in [0, 0.05) is 31.8 Å². The number of benzene rings is 1. The van der Waals surface area contributed by atoms with Crippen LogP contribution >= 0.6 is 0 Å². The van der Waals surface area contributed by atoms with Crippen LogP contribution < -0.4 is 5.32 Å². The number of pyridine rings is 1. The van der Waals surface area contributed by atoms with E-state index in [-0.39, 0.29) is 18.0 Å². The van der Waals surface area contributed by atoms with Gasteiger partial charge in [0.05, 0.1) is 23.6 Å². The number of aromatic nitrogens is 1. The van der Waals surface area contributed by atoms with Gasteiger partial charge in [-0.3, -0.25) is 9.78 Å². The first kappa shape index (κ1) is 24.0. The van der Waals surface area contributed by atoms with Gasteiger partial charge in [0.25, 0.3) is 0 Å². The Bertz CT molecular complexity index is 940. The summed E-state index contributed by atoms with van der Waals surface area (Å²) >= 11 is 0. The Morgan fingerprint density at radius 3 is 2.78 bits per heavy atom. The largest absolute Gasteiger partial charge is 0.444 e. The van der Waals surface area contributed by atoms with Gasteiger partial charge in [-0.25, -0.2) is 4.79 Å². The third-order valence-corrected chi connectivity index (χ3v) is 5.87. The Labute approximate surface area is 190 Å². The standard InChI is InChI=1S/C25H35N3O4/c1-17(22(31-5)21-9-7-15-28(21)24(30)32-25(2,3)4)23(29)27-14-12-18-10-11-20-19(16-18)8-6-13-26-20/h6,8,10-11,13,16-17,21-22H,7,9,12,14-15H2,1-5H3,(H,27,29)/t17-,21+,22-/m1/s1. The van der Waals surface area contributed by atoms with Gasteiger partial charge in [-0.1, -0.05) is 19.1 Å². The summed E-state index contributed by atoms with van der Waals surface area (Å²) in [6.45, 7) is 8.57. The lowest BCUT2D eigenvalue weighted by Crippen LogP contribution is -2.50. The van der Waals surface area contributed by atoms with Crippen molar-refractivity contribution in [2.75, 3.05) is 20.2 Å². The van der Waals surface area contributed by atoms with Crippen LogP contribution in [0.25, 0.3) is 10.9 Å². The molecule has 174 valence electrons. The normalized spacial score (nSPS) is 18.4. The monoisotopic (exact) mass is 441 g/mol. The number of amides is 2. The zero-order valence-corrected chi connectivity index (χ0v) is 19.8. The first-order valence-corrected chi connectivity index (χ1v) is 11.3. The molecule has 2 heterocycles. The fourth-order valence-electron chi connectivity index (χ4n) is 4.30. The number of fused-ring (bicyclic) bond motifs is 1. The Kier molecular flexibility index (Phi) is 7.72. The van der Waals surface area contributed by atoms with Crippen molar-refractivity contribution in [1.29, 1.82) is 0 Å². The highest BCUT2D eigenvalue weighted by molar-refractivity contribution is 5.80. The molecule has 0 bridgehead atoms. The van der Waals surface area contributed by atoms with Gasteiger partial charge < -0.3 is 19.7 Å². The van der Waals surface area contributed by atoms with Crippen molar-refractivity contribution >= 4 is 22.9 Å². The molecule has 7 nitrogen and oxygen atoms in total. The molecule has 0 unspecified atom stereocenters. The molecule has 1 aliphatic rings. The lowest BCUT2D eigenvalue weighted by molar-refractivity contribution is -0.130. The molecular weight excluding hydrogens is 406 g/mol. The molecule has 7 heteroatoms. The van der Waals surface area contributed by atoms with Crippen molar-refractivity contribution < 1.29 is 19.1 Å². The lowest BCUT2D eigenvalue weighted by atomic mass is 9.95. The minimum atomic E-state index is -0.561. The zero-order valence-electron chi connectivity index (χ0n) is 19.8. The van der Waals surface area contributed by atoms with Crippen LogP contribution in [0.15, 0.2) is 36.5 Å². The molecular formula is C25H35N3O4. The third-order valence-electron chi connectivity index (χ3n) is 5.87. The van der Waals surface area contributed by atoms with Crippen molar-refractivity contribution in [2.45, 2.75) is 64.7 Å². The number of hydrogen-bond donors (Lipinski definition) is 1. The van der Waals surface area contributed by atoms with Crippen LogP contribution in [0.5, 0.6) is 0 Å². The van der Waals surface area contributed by atoms with E-state index in [9.17, 15) is 9.59 Å². The Morgan fingerprint density at radius 1 is 1.28 bits per heavy atom. The summed E-state index contributed by atoms with van der Waals surface area (Å²) in [4.78, 5) is 31.6. The summed E-state index contributed by atoms with van der Waals surface area (Å²) in [6, 6.07) is 9.93. The minimum absolute atomic E-state index is 0.0738. The summed E-state index contributed by atoms with van der Waals surface area (Å²) in [5, 5.41) is 4.12. The highest BCUT2D eigenvalue weighted by atomic mass is 16.6. The zero-order chi connectivity index (χ0) is 23.3. The molecule has 1 fully saturated rings. The van der Waals surface area contributed by atoms with E-state index in [2.05, 4.69) is 16.4 Å². The Balaban J connectivity index is 1.57. The van der Waals surface area contributed by atoms with Crippen LogP contribution in [0.2, 0.25) is 0 Å². The van der Waals surface area contributed by atoms with Crippen LogP contribution in [-0.4, -0.2) is 59.8 Å². The number of methoxy groups -OCH3 is 1. The summed E-state index contributed by atoms with van der Waals surface area (Å²) < 4.78 is 11.3. The highest BCUT2D eigenvalue weighted by Gasteiger charge is 2.41. The fraction of sp³-hybridized carbons (Fsp3) is 0.560. The number of likely N-dealkylation sites (tertiary alicyclic amines) is 1. The lowest BCUT2D eigenvalue weighted by Gasteiger charge is -2.34. The van der Waals surface area contributed by atoms with Crippen LogP contribution in [-0.2, 0) is 20.7 Å². The topological polar surface area (TPSA) is 80.8 Å².